The topological polar surface area (TPSA) is 40.5 Å². The first-order valence-corrected chi connectivity index (χ1v) is 5.21. The van der Waals surface area contributed by atoms with Crippen LogP contribution in [-0.4, -0.2) is 10.2 Å². The van der Waals surface area contributed by atoms with Gasteiger partial charge in [-0.3, -0.25) is 0 Å². The van der Waals surface area contributed by atoms with Gasteiger partial charge >= 0.3 is 0 Å². The molecule has 0 atom stereocenters. The van der Waals surface area contributed by atoms with Crippen LogP contribution in [0.4, 0.5) is 0 Å². The minimum atomic E-state index is 0.0533. The van der Waals surface area contributed by atoms with E-state index in [1.54, 1.807) is 12.1 Å². The molecule has 0 saturated heterocycles. The van der Waals surface area contributed by atoms with Crippen molar-refractivity contribution in [2.45, 2.75) is 13.5 Å². The molecule has 2 rings (SSSR count). The Morgan fingerprint density at radius 1 is 1.00 bits per heavy atom. The monoisotopic (exact) mass is 214 g/mol. The zero-order valence-corrected chi connectivity index (χ0v) is 9.14. The van der Waals surface area contributed by atoms with Gasteiger partial charge in [0.15, 0.2) is 0 Å². The second kappa shape index (κ2) is 4.37. The van der Waals surface area contributed by atoms with Gasteiger partial charge in [0.25, 0.3) is 0 Å². The van der Waals surface area contributed by atoms with Crippen LogP contribution in [-0.2, 0) is 6.61 Å². The lowest BCUT2D eigenvalue weighted by molar-refractivity contribution is 0.281. The molecule has 0 fully saturated rings. The molecule has 0 bridgehead atoms. The highest BCUT2D eigenvalue weighted by atomic mass is 16.3. The van der Waals surface area contributed by atoms with Crippen LogP contribution in [0.1, 0.15) is 11.1 Å². The molecule has 0 heterocycles. The Kier molecular flexibility index (Phi) is 2.93. The van der Waals surface area contributed by atoms with E-state index in [0.717, 1.165) is 22.3 Å². The van der Waals surface area contributed by atoms with E-state index in [1.807, 2.05) is 37.3 Å². The van der Waals surface area contributed by atoms with Crippen molar-refractivity contribution in [2.75, 3.05) is 0 Å². The van der Waals surface area contributed by atoms with E-state index < -0.39 is 0 Å². The smallest absolute Gasteiger partial charge is 0.115 e. The van der Waals surface area contributed by atoms with Crippen molar-refractivity contribution in [1.29, 1.82) is 0 Å². The summed E-state index contributed by atoms with van der Waals surface area (Å²) in [5.41, 5.74) is 4.15. The van der Waals surface area contributed by atoms with Crippen molar-refractivity contribution in [3.63, 3.8) is 0 Å². The Balaban J connectivity index is 2.51. The van der Waals surface area contributed by atoms with Gasteiger partial charge in [0, 0.05) is 0 Å². The molecule has 2 N–H and O–H groups in total. The molecule has 2 nitrogen and oxygen atoms in total. The van der Waals surface area contributed by atoms with Crippen molar-refractivity contribution >= 4 is 0 Å². The van der Waals surface area contributed by atoms with Gasteiger partial charge in [0.1, 0.15) is 5.75 Å². The van der Waals surface area contributed by atoms with Gasteiger partial charge in [0.2, 0.25) is 0 Å². The Morgan fingerprint density at radius 3 is 2.31 bits per heavy atom. The Morgan fingerprint density at radius 2 is 1.69 bits per heavy atom. The van der Waals surface area contributed by atoms with Crippen molar-refractivity contribution in [3.8, 4) is 16.9 Å². The first-order chi connectivity index (χ1) is 7.72. The molecule has 16 heavy (non-hydrogen) atoms. The summed E-state index contributed by atoms with van der Waals surface area (Å²) in [5.74, 6) is 0.264. The Labute approximate surface area is 94.8 Å². The van der Waals surface area contributed by atoms with Gasteiger partial charge in [-0.2, -0.15) is 0 Å². The molecule has 0 aliphatic carbocycles. The summed E-state index contributed by atoms with van der Waals surface area (Å²) in [6, 6.07) is 12.9. The minimum Gasteiger partial charge on any atom is -0.508 e. The molecule has 0 aliphatic rings. The third-order valence-electron chi connectivity index (χ3n) is 2.79. The van der Waals surface area contributed by atoms with Crippen LogP contribution in [0.25, 0.3) is 11.1 Å². The maximum absolute atomic E-state index is 9.23. The van der Waals surface area contributed by atoms with Crippen LogP contribution in [0.15, 0.2) is 42.5 Å². The normalized spacial score (nSPS) is 10.4. The summed E-state index contributed by atoms with van der Waals surface area (Å²) in [6.45, 7) is 2.05. The maximum Gasteiger partial charge on any atom is 0.115 e. The number of aromatic hydroxyl groups is 1. The summed E-state index contributed by atoms with van der Waals surface area (Å²) in [7, 11) is 0. The SMILES string of the molecule is Cc1c(CO)cccc1-c1ccc(O)cc1. The third-order valence-corrected chi connectivity index (χ3v) is 2.79. The molecule has 0 aliphatic heterocycles. The van der Waals surface area contributed by atoms with Crippen molar-refractivity contribution in [3.05, 3.63) is 53.6 Å². The van der Waals surface area contributed by atoms with Crippen molar-refractivity contribution < 1.29 is 10.2 Å². The molecular formula is C14H14O2. The predicted molar refractivity (Wildman–Crippen MR) is 64.2 cm³/mol. The number of benzene rings is 2. The summed E-state index contributed by atoms with van der Waals surface area (Å²) in [6.07, 6.45) is 0. The highest BCUT2D eigenvalue weighted by Crippen LogP contribution is 2.27. The van der Waals surface area contributed by atoms with Crippen molar-refractivity contribution in [1.82, 2.24) is 0 Å². The quantitative estimate of drug-likeness (QED) is 0.807. The van der Waals surface area contributed by atoms with E-state index in [2.05, 4.69) is 0 Å². The summed E-state index contributed by atoms with van der Waals surface area (Å²) in [5, 5.41) is 18.4. The minimum absolute atomic E-state index is 0.0533. The van der Waals surface area contributed by atoms with Gasteiger partial charge in [-0.1, -0.05) is 30.3 Å². The second-order valence-electron chi connectivity index (χ2n) is 3.79. The number of phenolic OH excluding ortho intramolecular Hbond substituents is 1. The van der Waals surface area contributed by atoms with E-state index in [-0.39, 0.29) is 12.4 Å². The van der Waals surface area contributed by atoms with Crippen LogP contribution >= 0.6 is 0 Å². The van der Waals surface area contributed by atoms with E-state index in [1.165, 1.54) is 0 Å². The van der Waals surface area contributed by atoms with E-state index >= 15 is 0 Å². The number of hydrogen-bond acceptors (Lipinski definition) is 2. The molecule has 0 unspecified atom stereocenters. The largest absolute Gasteiger partial charge is 0.508 e. The average Bonchev–Trinajstić information content (AvgIpc) is 2.31. The number of rotatable bonds is 2. The number of phenols is 1. The zero-order valence-electron chi connectivity index (χ0n) is 9.14. The molecule has 0 spiro atoms. The maximum atomic E-state index is 9.23. The molecule has 2 aromatic carbocycles. The standard InChI is InChI=1S/C14H14O2/c1-10-12(9-15)3-2-4-14(10)11-5-7-13(16)8-6-11/h2-8,15-16H,9H2,1H3. The van der Waals surface area contributed by atoms with Crippen LogP contribution < -0.4 is 0 Å². The van der Waals surface area contributed by atoms with Crippen LogP contribution in [0.3, 0.4) is 0 Å². The molecule has 0 aromatic heterocycles. The Hall–Kier alpha value is -1.80. The predicted octanol–water partition coefficient (Wildman–Crippen LogP) is 2.86. The van der Waals surface area contributed by atoms with Gasteiger partial charge < -0.3 is 10.2 Å². The molecule has 0 saturated carbocycles. The van der Waals surface area contributed by atoms with Crippen LogP contribution in [0, 0.1) is 6.92 Å². The van der Waals surface area contributed by atoms with Gasteiger partial charge in [0.05, 0.1) is 6.61 Å². The molecule has 82 valence electrons. The summed E-state index contributed by atoms with van der Waals surface area (Å²) in [4.78, 5) is 0. The highest BCUT2D eigenvalue weighted by Gasteiger charge is 2.05. The third kappa shape index (κ3) is 1.92. The molecule has 2 heteroatoms. The van der Waals surface area contributed by atoms with Gasteiger partial charge in [-0.15, -0.1) is 0 Å². The van der Waals surface area contributed by atoms with Crippen LogP contribution in [0.2, 0.25) is 0 Å². The van der Waals surface area contributed by atoms with E-state index in [9.17, 15) is 10.2 Å². The molecular weight excluding hydrogens is 200 g/mol. The van der Waals surface area contributed by atoms with Crippen molar-refractivity contribution in [2.24, 2.45) is 0 Å². The summed E-state index contributed by atoms with van der Waals surface area (Å²) >= 11 is 0. The zero-order chi connectivity index (χ0) is 11.5. The fraction of sp³-hybridized carbons (Fsp3) is 0.143. The van der Waals surface area contributed by atoms with E-state index in [4.69, 9.17) is 0 Å². The molecule has 0 radical (unpaired) electrons. The van der Waals surface area contributed by atoms with Gasteiger partial charge in [-0.05, 0) is 41.3 Å². The number of aliphatic hydroxyl groups is 1. The fourth-order valence-electron chi connectivity index (χ4n) is 1.81. The average molecular weight is 214 g/mol. The lowest BCUT2D eigenvalue weighted by Gasteiger charge is -2.09. The number of hydrogen-bond donors (Lipinski definition) is 2. The molecule has 2 aromatic rings. The fourth-order valence-corrected chi connectivity index (χ4v) is 1.81. The Bertz CT molecular complexity index is 487. The summed E-state index contributed by atoms with van der Waals surface area (Å²) < 4.78 is 0. The molecule has 0 amide bonds. The highest BCUT2D eigenvalue weighted by molar-refractivity contribution is 5.68. The van der Waals surface area contributed by atoms with Crippen LogP contribution in [0.5, 0.6) is 5.75 Å². The lowest BCUT2D eigenvalue weighted by Crippen LogP contribution is -1.91. The number of aliphatic hydroxyl groups excluding tert-OH is 1. The first kappa shape index (κ1) is 10.7. The lowest BCUT2D eigenvalue weighted by atomic mass is 9.97. The van der Waals surface area contributed by atoms with E-state index in [0.29, 0.717) is 0 Å². The van der Waals surface area contributed by atoms with Gasteiger partial charge in [-0.25, -0.2) is 0 Å². The second-order valence-corrected chi connectivity index (χ2v) is 3.79. The first-order valence-electron chi connectivity index (χ1n) is 5.21.